The molecule has 0 spiro atoms. The Morgan fingerprint density at radius 3 is 2.73 bits per heavy atom. The maximum atomic E-state index is 13.3. The summed E-state index contributed by atoms with van der Waals surface area (Å²) in [4.78, 5) is 33.6. The highest BCUT2D eigenvalue weighted by Crippen LogP contribution is 2.40. The van der Waals surface area contributed by atoms with Crippen molar-refractivity contribution in [2.45, 2.75) is 24.7 Å². The lowest BCUT2D eigenvalue weighted by Gasteiger charge is -2.35. The van der Waals surface area contributed by atoms with Crippen molar-refractivity contribution in [3.8, 4) is 17.4 Å². The van der Waals surface area contributed by atoms with E-state index in [9.17, 15) is 23.1 Å². The van der Waals surface area contributed by atoms with Crippen molar-refractivity contribution in [1.82, 2.24) is 19.9 Å². The fourth-order valence-corrected chi connectivity index (χ4v) is 4.21. The number of carbonyl (C=O) groups is 1. The molecule has 2 aliphatic heterocycles. The SMILES string of the molecule is O=C(Nc1cnc(OCC(O)CO)nc1)N1c2nc(-c3cccc(C(F)(F)F)c3)ncc2N2CC[C@H]1C2. The number of aliphatic hydroxyl groups is 2. The van der Waals surface area contributed by atoms with E-state index in [1.54, 1.807) is 0 Å². The van der Waals surface area contributed by atoms with E-state index in [1.165, 1.54) is 35.6 Å². The quantitative estimate of drug-likeness (QED) is 0.450. The predicted octanol–water partition coefficient (Wildman–Crippen LogP) is 2.32. The number of ether oxygens (including phenoxy) is 1. The van der Waals surface area contributed by atoms with Crippen LogP contribution in [-0.2, 0) is 6.18 Å². The number of benzene rings is 1. The lowest BCUT2D eigenvalue weighted by Crippen LogP contribution is -2.48. The summed E-state index contributed by atoms with van der Waals surface area (Å²) in [7, 11) is 0. The summed E-state index contributed by atoms with van der Waals surface area (Å²) in [6.07, 6.45) is -0.732. The second kappa shape index (κ2) is 9.78. The molecule has 1 aromatic carbocycles. The van der Waals surface area contributed by atoms with Crippen LogP contribution < -0.4 is 19.9 Å². The average molecular weight is 517 g/mol. The van der Waals surface area contributed by atoms with Crippen LogP contribution in [0.15, 0.2) is 42.9 Å². The highest BCUT2D eigenvalue weighted by Gasteiger charge is 2.41. The van der Waals surface area contributed by atoms with Crippen molar-refractivity contribution in [3.05, 3.63) is 48.4 Å². The first-order valence-corrected chi connectivity index (χ1v) is 11.4. The van der Waals surface area contributed by atoms with E-state index in [0.29, 0.717) is 31.0 Å². The van der Waals surface area contributed by atoms with Crippen LogP contribution in [0.3, 0.4) is 0 Å². The molecule has 0 radical (unpaired) electrons. The number of amides is 2. The molecule has 3 aromatic rings. The van der Waals surface area contributed by atoms with Gasteiger partial charge in [0.15, 0.2) is 11.6 Å². The van der Waals surface area contributed by atoms with Gasteiger partial charge >= 0.3 is 18.2 Å². The van der Waals surface area contributed by atoms with Crippen molar-refractivity contribution in [1.29, 1.82) is 0 Å². The third kappa shape index (κ3) is 5.11. The summed E-state index contributed by atoms with van der Waals surface area (Å²) >= 11 is 0. The summed E-state index contributed by atoms with van der Waals surface area (Å²) < 4.78 is 44.8. The Hall–Kier alpha value is -4.04. The number of halogens is 3. The molecular weight excluding hydrogens is 495 g/mol. The molecule has 1 saturated heterocycles. The number of hydrogen-bond acceptors (Lipinski definition) is 9. The number of nitrogens with one attached hydrogen (secondary N) is 1. The highest BCUT2D eigenvalue weighted by atomic mass is 19.4. The lowest BCUT2D eigenvalue weighted by atomic mass is 10.1. The van der Waals surface area contributed by atoms with Gasteiger partial charge in [0, 0.05) is 18.7 Å². The smallest absolute Gasteiger partial charge is 0.416 e. The van der Waals surface area contributed by atoms with Gasteiger partial charge in [-0.05, 0) is 18.6 Å². The zero-order valence-electron chi connectivity index (χ0n) is 19.3. The molecule has 2 amide bonds. The van der Waals surface area contributed by atoms with Crippen LogP contribution in [0.4, 0.5) is 35.2 Å². The Morgan fingerprint density at radius 2 is 2.00 bits per heavy atom. The van der Waals surface area contributed by atoms with E-state index < -0.39 is 30.5 Å². The fourth-order valence-electron chi connectivity index (χ4n) is 4.21. The maximum Gasteiger partial charge on any atom is 0.416 e. The summed E-state index contributed by atoms with van der Waals surface area (Å²) in [5.74, 6) is 0.368. The van der Waals surface area contributed by atoms with Gasteiger partial charge in [-0.2, -0.15) is 13.2 Å². The Kier molecular flexibility index (Phi) is 6.52. The van der Waals surface area contributed by atoms with Crippen LogP contribution in [0.2, 0.25) is 0 Å². The summed E-state index contributed by atoms with van der Waals surface area (Å²) in [5, 5.41) is 20.9. The van der Waals surface area contributed by atoms with Crippen LogP contribution in [0.25, 0.3) is 11.4 Å². The third-order valence-electron chi connectivity index (χ3n) is 6.01. The van der Waals surface area contributed by atoms with Crippen molar-refractivity contribution in [3.63, 3.8) is 0 Å². The normalized spacial score (nSPS) is 17.4. The standard InChI is InChI=1S/C23H22F3N7O4/c24-23(25,26)14-3-1-2-13(6-14)19-27-9-18-20(31-19)33(16-4-5-32(18)10-16)22(36)30-15-7-28-21(29-8-15)37-12-17(35)11-34/h1-3,6-9,16-17,34-35H,4-5,10-12H2,(H,30,36)/t16-,17?/m0/s1. The fraction of sp³-hybridized carbons (Fsp3) is 0.348. The maximum absolute atomic E-state index is 13.3. The number of nitrogens with zero attached hydrogens (tertiary/aromatic N) is 6. The van der Waals surface area contributed by atoms with Gasteiger partial charge in [-0.3, -0.25) is 4.90 Å². The molecule has 1 fully saturated rings. The molecule has 4 heterocycles. The van der Waals surface area contributed by atoms with Gasteiger partial charge in [-0.25, -0.2) is 24.7 Å². The molecule has 2 aliphatic rings. The van der Waals surface area contributed by atoms with Crippen molar-refractivity contribution in [2.75, 3.05) is 41.4 Å². The second-order valence-electron chi connectivity index (χ2n) is 8.57. The average Bonchev–Trinajstić information content (AvgIpc) is 3.31. The van der Waals surface area contributed by atoms with E-state index in [1.807, 2.05) is 4.90 Å². The number of alkyl halides is 3. The first-order chi connectivity index (χ1) is 17.7. The number of rotatable bonds is 6. The molecule has 37 heavy (non-hydrogen) atoms. The number of carbonyl (C=O) groups excluding carboxylic acids is 1. The summed E-state index contributed by atoms with van der Waals surface area (Å²) in [6.45, 7) is 0.591. The van der Waals surface area contributed by atoms with E-state index in [-0.39, 0.29) is 35.7 Å². The van der Waals surface area contributed by atoms with Crippen LogP contribution >= 0.6 is 0 Å². The first-order valence-electron chi connectivity index (χ1n) is 11.4. The van der Waals surface area contributed by atoms with E-state index >= 15 is 0 Å². The third-order valence-corrected chi connectivity index (χ3v) is 6.01. The number of aliphatic hydroxyl groups excluding tert-OH is 2. The van der Waals surface area contributed by atoms with Gasteiger partial charge in [-0.15, -0.1) is 0 Å². The van der Waals surface area contributed by atoms with E-state index in [0.717, 1.165) is 12.1 Å². The van der Waals surface area contributed by atoms with E-state index in [4.69, 9.17) is 9.84 Å². The molecule has 5 rings (SSSR count). The minimum atomic E-state index is -4.51. The number of aromatic nitrogens is 4. The highest BCUT2D eigenvalue weighted by molar-refractivity contribution is 6.04. The molecule has 2 atom stereocenters. The molecule has 0 saturated carbocycles. The van der Waals surface area contributed by atoms with Gasteiger partial charge in [-0.1, -0.05) is 12.1 Å². The molecule has 194 valence electrons. The van der Waals surface area contributed by atoms with E-state index in [2.05, 4.69) is 25.3 Å². The topological polar surface area (TPSA) is 137 Å². The summed E-state index contributed by atoms with van der Waals surface area (Å²) in [5.41, 5.74) is 0.250. The monoisotopic (exact) mass is 517 g/mol. The Labute approximate surface area is 208 Å². The van der Waals surface area contributed by atoms with Gasteiger partial charge in [0.25, 0.3) is 0 Å². The van der Waals surface area contributed by atoms with Crippen molar-refractivity contribution in [2.24, 2.45) is 0 Å². The number of urea groups is 1. The van der Waals surface area contributed by atoms with Crippen LogP contribution in [-0.4, -0.2) is 74.6 Å². The Balaban J connectivity index is 1.39. The van der Waals surface area contributed by atoms with Crippen LogP contribution in [0.1, 0.15) is 12.0 Å². The molecule has 11 nitrogen and oxygen atoms in total. The number of anilines is 3. The molecule has 0 aliphatic carbocycles. The molecule has 14 heteroatoms. The molecule has 2 aromatic heterocycles. The largest absolute Gasteiger partial charge is 0.461 e. The molecule has 1 unspecified atom stereocenters. The first kappa shape index (κ1) is 24.6. The van der Waals surface area contributed by atoms with Gasteiger partial charge < -0.3 is 25.2 Å². The van der Waals surface area contributed by atoms with Crippen molar-refractivity contribution >= 4 is 23.2 Å². The zero-order valence-corrected chi connectivity index (χ0v) is 19.3. The molecular formula is C23H22F3N7O4. The number of fused-ring (bicyclic) bond motifs is 4. The number of hydrogen-bond donors (Lipinski definition) is 3. The van der Waals surface area contributed by atoms with Crippen LogP contribution in [0.5, 0.6) is 6.01 Å². The summed E-state index contributed by atoms with van der Waals surface area (Å²) in [6, 6.07) is 3.98. The predicted molar refractivity (Wildman–Crippen MR) is 125 cm³/mol. The zero-order chi connectivity index (χ0) is 26.2. The van der Waals surface area contributed by atoms with Crippen molar-refractivity contribution < 1.29 is 32.9 Å². The van der Waals surface area contributed by atoms with Gasteiger partial charge in [0.1, 0.15) is 12.7 Å². The van der Waals surface area contributed by atoms with Gasteiger partial charge in [0.2, 0.25) is 0 Å². The molecule has 2 bridgehead atoms. The molecule has 3 N–H and O–H groups in total. The Bertz CT molecular complexity index is 1290. The minimum absolute atomic E-state index is 0.0429. The van der Waals surface area contributed by atoms with Gasteiger partial charge in [0.05, 0.1) is 48.2 Å². The minimum Gasteiger partial charge on any atom is -0.461 e. The Morgan fingerprint density at radius 1 is 1.22 bits per heavy atom. The van der Waals surface area contributed by atoms with Crippen LogP contribution in [0, 0.1) is 0 Å². The lowest BCUT2D eigenvalue weighted by molar-refractivity contribution is -0.137. The second-order valence-corrected chi connectivity index (χ2v) is 8.57.